The summed E-state index contributed by atoms with van der Waals surface area (Å²) in [7, 11) is -3.15. The second-order valence-electron chi connectivity index (χ2n) is 8.48. The number of piperidine rings is 1. The number of anilines is 1. The molecule has 1 saturated heterocycles. The molecule has 2 aromatic heterocycles. The maximum Gasteiger partial charge on any atom is 0.252 e. The van der Waals surface area contributed by atoms with Crippen LogP contribution in [0.3, 0.4) is 0 Å². The number of nitrogens with zero attached hydrogens (tertiary/aromatic N) is 4. The molecule has 2 fully saturated rings. The number of aromatic nitrogens is 3. The summed E-state index contributed by atoms with van der Waals surface area (Å²) in [4.78, 5) is 21.9. The molecule has 2 aliphatic carbocycles. The lowest BCUT2D eigenvalue weighted by Crippen LogP contribution is -2.42. The number of sulfonamides is 1. The molecular formula is C20H25N5O3S. The zero-order valence-electron chi connectivity index (χ0n) is 16.4. The van der Waals surface area contributed by atoms with E-state index in [4.69, 9.17) is 4.98 Å². The summed E-state index contributed by atoms with van der Waals surface area (Å²) in [6, 6.07) is 3.62. The highest BCUT2D eigenvalue weighted by molar-refractivity contribution is 7.88. The summed E-state index contributed by atoms with van der Waals surface area (Å²) >= 11 is 0. The second kappa shape index (κ2) is 6.63. The van der Waals surface area contributed by atoms with Crippen molar-refractivity contribution in [2.45, 2.75) is 44.2 Å². The van der Waals surface area contributed by atoms with E-state index in [-0.39, 0.29) is 23.1 Å². The SMILES string of the molecule is CS(=O)(=O)N1CCC(Nc2ncc3ccc(=O)n([C@H]4CC=CC45CC5)c3n2)CC1. The van der Waals surface area contributed by atoms with Crippen molar-refractivity contribution < 1.29 is 8.42 Å². The summed E-state index contributed by atoms with van der Waals surface area (Å²) in [5, 5.41) is 4.20. The zero-order chi connectivity index (χ0) is 20.2. The van der Waals surface area contributed by atoms with Crippen LogP contribution in [0.1, 0.15) is 38.1 Å². The van der Waals surface area contributed by atoms with Crippen molar-refractivity contribution in [1.29, 1.82) is 0 Å². The van der Waals surface area contributed by atoms with E-state index in [1.54, 1.807) is 18.3 Å². The highest BCUT2D eigenvalue weighted by atomic mass is 32.2. The van der Waals surface area contributed by atoms with Crippen molar-refractivity contribution in [1.82, 2.24) is 18.8 Å². The molecule has 29 heavy (non-hydrogen) atoms. The van der Waals surface area contributed by atoms with Crippen molar-refractivity contribution in [3.05, 3.63) is 40.8 Å². The van der Waals surface area contributed by atoms with Gasteiger partial charge in [-0.05, 0) is 38.2 Å². The van der Waals surface area contributed by atoms with Gasteiger partial charge in [-0.1, -0.05) is 12.2 Å². The minimum atomic E-state index is -3.15. The van der Waals surface area contributed by atoms with Gasteiger partial charge in [0.2, 0.25) is 16.0 Å². The van der Waals surface area contributed by atoms with E-state index >= 15 is 0 Å². The lowest BCUT2D eigenvalue weighted by atomic mass is 10.00. The predicted molar refractivity (Wildman–Crippen MR) is 111 cm³/mol. The van der Waals surface area contributed by atoms with Gasteiger partial charge in [0.05, 0.1) is 12.3 Å². The van der Waals surface area contributed by atoms with Crippen LogP contribution in [-0.4, -0.2) is 52.6 Å². The molecule has 0 radical (unpaired) electrons. The van der Waals surface area contributed by atoms with E-state index in [0.717, 1.165) is 24.6 Å². The number of rotatable bonds is 4. The third kappa shape index (κ3) is 3.36. The Morgan fingerprint density at radius 3 is 2.66 bits per heavy atom. The normalized spacial score (nSPS) is 24.4. The first-order chi connectivity index (χ1) is 13.9. The van der Waals surface area contributed by atoms with Gasteiger partial charge >= 0.3 is 0 Å². The number of pyridine rings is 1. The molecule has 3 heterocycles. The van der Waals surface area contributed by atoms with E-state index in [9.17, 15) is 13.2 Å². The fourth-order valence-corrected chi connectivity index (χ4v) is 5.58. The molecule has 1 N–H and O–H groups in total. The van der Waals surface area contributed by atoms with Crippen LogP contribution in [0.5, 0.6) is 0 Å². The number of hydrogen-bond donors (Lipinski definition) is 1. The Morgan fingerprint density at radius 1 is 1.21 bits per heavy atom. The third-order valence-corrected chi connectivity index (χ3v) is 7.84. The number of fused-ring (bicyclic) bond motifs is 1. The van der Waals surface area contributed by atoms with Crippen LogP contribution in [-0.2, 0) is 10.0 Å². The molecule has 1 spiro atoms. The Labute approximate surface area is 169 Å². The topological polar surface area (TPSA) is 97.2 Å². The van der Waals surface area contributed by atoms with Gasteiger partial charge in [-0.3, -0.25) is 9.36 Å². The summed E-state index contributed by atoms with van der Waals surface area (Å²) in [6.45, 7) is 0.982. The van der Waals surface area contributed by atoms with E-state index in [0.29, 0.717) is 37.5 Å². The van der Waals surface area contributed by atoms with Crippen LogP contribution in [0, 0.1) is 5.41 Å². The molecule has 0 amide bonds. The van der Waals surface area contributed by atoms with Gasteiger partial charge in [0.1, 0.15) is 5.65 Å². The van der Waals surface area contributed by atoms with Crippen LogP contribution in [0.25, 0.3) is 11.0 Å². The molecule has 1 saturated carbocycles. The first kappa shape index (κ1) is 18.7. The quantitative estimate of drug-likeness (QED) is 0.766. The summed E-state index contributed by atoms with van der Waals surface area (Å²) in [5.74, 6) is 0.491. The first-order valence-corrected chi connectivity index (χ1v) is 12.0. The van der Waals surface area contributed by atoms with Crippen LogP contribution in [0.2, 0.25) is 0 Å². The molecule has 0 aromatic carbocycles. The molecule has 2 aromatic rings. The van der Waals surface area contributed by atoms with E-state index in [1.807, 2.05) is 4.57 Å². The Hall–Kier alpha value is -2.26. The Balaban J connectivity index is 1.42. The third-order valence-electron chi connectivity index (χ3n) is 6.53. The minimum absolute atomic E-state index is 0.0245. The molecule has 1 atom stereocenters. The number of hydrogen-bond acceptors (Lipinski definition) is 6. The van der Waals surface area contributed by atoms with Crippen molar-refractivity contribution in [2.75, 3.05) is 24.7 Å². The van der Waals surface area contributed by atoms with Crippen molar-refractivity contribution in [2.24, 2.45) is 5.41 Å². The Bertz CT molecular complexity index is 1140. The number of nitrogens with one attached hydrogen (secondary N) is 1. The van der Waals surface area contributed by atoms with Gasteiger partial charge in [0.25, 0.3) is 5.56 Å². The summed E-state index contributed by atoms with van der Waals surface area (Å²) < 4.78 is 26.7. The van der Waals surface area contributed by atoms with Gasteiger partial charge in [0, 0.05) is 42.2 Å². The molecule has 0 unspecified atom stereocenters. The van der Waals surface area contributed by atoms with Gasteiger partial charge in [-0.2, -0.15) is 4.98 Å². The van der Waals surface area contributed by atoms with Crippen LogP contribution in [0.4, 0.5) is 5.95 Å². The maximum atomic E-state index is 12.8. The fraction of sp³-hybridized carbons (Fsp3) is 0.550. The average Bonchev–Trinajstić information content (AvgIpc) is 3.35. The van der Waals surface area contributed by atoms with E-state index in [2.05, 4.69) is 22.5 Å². The molecule has 154 valence electrons. The Kier molecular flexibility index (Phi) is 4.29. The van der Waals surface area contributed by atoms with Crippen LogP contribution < -0.4 is 10.9 Å². The van der Waals surface area contributed by atoms with Crippen molar-refractivity contribution in [3.63, 3.8) is 0 Å². The van der Waals surface area contributed by atoms with Crippen LogP contribution in [0.15, 0.2) is 35.3 Å². The molecular weight excluding hydrogens is 390 g/mol. The van der Waals surface area contributed by atoms with Gasteiger partial charge in [-0.15, -0.1) is 0 Å². The van der Waals surface area contributed by atoms with Gasteiger partial charge in [-0.25, -0.2) is 17.7 Å². The minimum Gasteiger partial charge on any atom is -0.351 e. The molecule has 5 rings (SSSR count). The van der Waals surface area contributed by atoms with Crippen molar-refractivity contribution in [3.8, 4) is 0 Å². The second-order valence-corrected chi connectivity index (χ2v) is 10.5. The lowest BCUT2D eigenvalue weighted by Gasteiger charge is -2.30. The van der Waals surface area contributed by atoms with E-state index in [1.165, 1.54) is 10.6 Å². The number of allylic oxidation sites excluding steroid dienone is 2. The summed E-state index contributed by atoms with van der Waals surface area (Å²) in [6.07, 6.45) is 11.9. The highest BCUT2D eigenvalue weighted by Crippen LogP contribution is 2.59. The molecule has 3 aliphatic rings. The van der Waals surface area contributed by atoms with Gasteiger partial charge < -0.3 is 5.32 Å². The predicted octanol–water partition coefficient (Wildman–Crippen LogP) is 1.91. The largest absolute Gasteiger partial charge is 0.351 e. The molecule has 8 nitrogen and oxygen atoms in total. The van der Waals surface area contributed by atoms with Crippen LogP contribution >= 0.6 is 0 Å². The molecule has 1 aliphatic heterocycles. The smallest absolute Gasteiger partial charge is 0.252 e. The standard InChI is InChI=1S/C20H25N5O3S/c1-29(27,28)24-11-6-15(7-12-24)22-19-21-13-14-4-5-17(26)25(18(14)23-19)16-3-2-8-20(16)9-10-20/h2,4-5,8,13,15-16H,3,6-7,9-12H2,1H3,(H,21,22,23)/t16-/m0/s1. The Morgan fingerprint density at radius 2 is 1.97 bits per heavy atom. The van der Waals surface area contributed by atoms with Gasteiger partial charge in [0.15, 0.2) is 0 Å². The highest BCUT2D eigenvalue weighted by Gasteiger charge is 2.50. The lowest BCUT2D eigenvalue weighted by molar-refractivity contribution is 0.331. The van der Waals surface area contributed by atoms with E-state index < -0.39 is 10.0 Å². The fourth-order valence-electron chi connectivity index (χ4n) is 4.71. The van der Waals surface area contributed by atoms with Crippen molar-refractivity contribution >= 4 is 27.0 Å². The molecule has 9 heteroatoms. The zero-order valence-corrected chi connectivity index (χ0v) is 17.2. The summed E-state index contributed by atoms with van der Waals surface area (Å²) in [5.41, 5.74) is 0.766. The first-order valence-electron chi connectivity index (χ1n) is 10.1. The monoisotopic (exact) mass is 415 g/mol. The maximum absolute atomic E-state index is 12.8. The average molecular weight is 416 g/mol. The molecule has 0 bridgehead atoms.